The minimum atomic E-state index is -0.214. The van der Waals surface area contributed by atoms with Crippen molar-refractivity contribution in [2.45, 2.75) is 38.0 Å². The molecule has 0 radical (unpaired) electrons. The van der Waals surface area contributed by atoms with E-state index < -0.39 is 0 Å². The third-order valence-corrected chi connectivity index (χ3v) is 3.49. The fourth-order valence-corrected chi connectivity index (χ4v) is 2.09. The van der Waals surface area contributed by atoms with Crippen molar-refractivity contribution >= 4 is 11.8 Å². The van der Waals surface area contributed by atoms with E-state index in [1.54, 1.807) is 18.0 Å². The number of thioether (sulfide) groups is 1. The standard InChI is InChI=1S/C11H20N2OS/c1-9(2)15-8-10(14)4-5-11-12-6-7-13(11)3/h6-7,9-10,14H,4-5,8H2,1-3H3. The normalized spacial score (nSPS) is 13.4. The maximum atomic E-state index is 9.73. The number of aromatic nitrogens is 2. The summed E-state index contributed by atoms with van der Waals surface area (Å²) in [5.41, 5.74) is 0. The van der Waals surface area contributed by atoms with Crippen molar-refractivity contribution in [2.75, 3.05) is 5.75 Å². The first-order valence-corrected chi connectivity index (χ1v) is 6.40. The number of aliphatic hydroxyl groups is 1. The highest BCUT2D eigenvalue weighted by atomic mass is 32.2. The first-order chi connectivity index (χ1) is 7.09. The van der Waals surface area contributed by atoms with Crippen molar-refractivity contribution in [1.82, 2.24) is 9.55 Å². The summed E-state index contributed by atoms with van der Waals surface area (Å²) in [5, 5.41) is 10.3. The molecule has 1 atom stereocenters. The van der Waals surface area contributed by atoms with Gasteiger partial charge in [0.1, 0.15) is 5.82 Å². The average molecular weight is 228 g/mol. The van der Waals surface area contributed by atoms with Gasteiger partial charge in [0.05, 0.1) is 6.10 Å². The third-order valence-electron chi connectivity index (χ3n) is 2.24. The summed E-state index contributed by atoms with van der Waals surface area (Å²) >= 11 is 1.80. The lowest BCUT2D eigenvalue weighted by molar-refractivity contribution is 0.188. The molecule has 0 amide bonds. The van der Waals surface area contributed by atoms with Gasteiger partial charge < -0.3 is 9.67 Å². The van der Waals surface area contributed by atoms with E-state index in [0.29, 0.717) is 5.25 Å². The van der Waals surface area contributed by atoms with Crippen LogP contribution < -0.4 is 0 Å². The Kier molecular flexibility index (Phi) is 5.19. The molecule has 0 bridgehead atoms. The lowest BCUT2D eigenvalue weighted by Gasteiger charge is -2.11. The van der Waals surface area contributed by atoms with Crippen LogP contribution in [0.15, 0.2) is 12.4 Å². The van der Waals surface area contributed by atoms with Gasteiger partial charge in [0.15, 0.2) is 0 Å². The molecule has 0 aromatic carbocycles. The van der Waals surface area contributed by atoms with Crippen molar-refractivity contribution in [3.8, 4) is 0 Å². The Morgan fingerprint density at radius 2 is 2.27 bits per heavy atom. The van der Waals surface area contributed by atoms with Crippen LogP contribution in [0.1, 0.15) is 26.1 Å². The van der Waals surface area contributed by atoms with Gasteiger partial charge >= 0.3 is 0 Å². The van der Waals surface area contributed by atoms with Crippen molar-refractivity contribution in [3.05, 3.63) is 18.2 Å². The van der Waals surface area contributed by atoms with E-state index in [0.717, 1.165) is 24.4 Å². The lowest BCUT2D eigenvalue weighted by atomic mass is 10.2. The molecule has 1 aromatic heterocycles. The molecule has 0 saturated heterocycles. The first kappa shape index (κ1) is 12.6. The van der Waals surface area contributed by atoms with Gasteiger partial charge in [-0.25, -0.2) is 4.98 Å². The van der Waals surface area contributed by atoms with Crippen molar-refractivity contribution in [1.29, 1.82) is 0 Å². The Hall–Kier alpha value is -0.480. The van der Waals surface area contributed by atoms with Crippen molar-refractivity contribution < 1.29 is 5.11 Å². The molecular formula is C11H20N2OS. The molecular weight excluding hydrogens is 208 g/mol. The summed E-state index contributed by atoms with van der Waals surface area (Å²) in [4.78, 5) is 4.23. The molecule has 86 valence electrons. The summed E-state index contributed by atoms with van der Waals surface area (Å²) < 4.78 is 2.00. The zero-order valence-electron chi connectivity index (χ0n) is 9.68. The van der Waals surface area contributed by atoms with Crippen LogP contribution in [0.2, 0.25) is 0 Å². The minimum Gasteiger partial charge on any atom is -0.392 e. The van der Waals surface area contributed by atoms with E-state index in [4.69, 9.17) is 0 Å². The van der Waals surface area contributed by atoms with Crippen LogP contribution in [0.5, 0.6) is 0 Å². The minimum absolute atomic E-state index is 0.214. The smallest absolute Gasteiger partial charge is 0.108 e. The Balaban J connectivity index is 2.22. The lowest BCUT2D eigenvalue weighted by Crippen LogP contribution is -2.13. The molecule has 0 aliphatic carbocycles. The van der Waals surface area contributed by atoms with Crippen molar-refractivity contribution in [2.24, 2.45) is 7.05 Å². The summed E-state index contributed by atoms with van der Waals surface area (Å²) in [6, 6.07) is 0. The van der Waals surface area contributed by atoms with E-state index in [-0.39, 0.29) is 6.10 Å². The highest BCUT2D eigenvalue weighted by Crippen LogP contribution is 2.13. The molecule has 1 N–H and O–H groups in total. The highest BCUT2D eigenvalue weighted by molar-refractivity contribution is 7.99. The van der Waals surface area contributed by atoms with Gasteiger partial charge in [0, 0.05) is 31.6 Å². The summed E-state index contributed by atoms with van der Waals surface area (Å²) in [5.74, 6) is 1.87. The molecule has 3 nitrogen and oxygen atoms in total. The Labute approximate surface area is 95.9 Å². The van der Waals surface area contributed by atoms with Crippen LogP contribution in [0.4, 0.5) is 0 Å². The van der Waals surface area contributed by atoms with Crippen LogP contribution in [0.25, 0.3) is 0 Å². The van der Waals surface area contributed by atoms with Crippen LogP contribution in [-0.4, -0.2) is 31.8 Å². The second-order valence-electron chi connectivity index (χ2n) is 4.03. The summed E-state index contributed by atoms with van der Waals surface area (Å²) in [6.45, 7) is 4.30. The molecule has 15 heavy (non-hydrogen) atoms. The Morgan fingerprint density at radius 3 is 2.80 bits per heavy atom. The molecule has 0 aliphatic rings. The van der Waals surface area contributed by atoms with E-state index in [2.05, 4.69) is 18.8 Å². The molecule has 1 unspecified atom stereocenters. The van der Waals surface area contributed by atoms with Gasteiger partial charge in [-0.1, -0.05) is 13.8 Å². The second kappa shape index (κ2) is 6.18. The molecule has 0 fully saturated rings. The average Bonchev–Trinajstić information content (AvgIpc) is 2.58. The van der Waals surface area contributed by atoms with Gasteiger partial charge in [-0.15, -0.1) is 0 Å². The Bertz CT molecular complexity index is 286. The number of aliphatic hydroxyl groups excluding tert-OH is 1. The monoisotopic (exact) mass is 228 g/mol. The first-order valence-electron chi connectivity index (χ1n) is 5.35. The van der Waals surface area contributed by atoms with Gasteiger partial charge in [-0.3, -0.25) is 0 Å². The fraction of sp³-hybridized carbons (Fsp3) is 0.727. The van der Waals surface area contributed by atoms with E-state index in [1.165, 1.54) is 0 Å². The van der Waals surface area contributed by atoms with E-state index in [9.17, 15) is 5.11 Å². The Morgan fingerprint density at radius 1 is 1.53 bits per heavy atom. The quantitative estimate of drug-likeness (QED) is 0.807. The molecule has 0 aliphatic heterocycles. The topological polar surface area (TPSA) is 38.1 Å². The van der Waals surface area contributed by atoms with Gasteiger partial charge in [-0.2, -0.15) is 11.8 Å². The highest BCUT2D eigenvalue weighted by Gasteiger charge is 2.08. The molecule has 0 spiro atoms. The van der Waals surface area contributed by atoms with Crippen LogP contribution >= 0.6 is 11.8 Å². The van der Waals surface area contributed by atoms with Gasteiger partial charge in [0.25, 0.3) is 0 Å². The second-order valence-corrected chi connectivity index (χ2v) is 5.64. The zero-order chi connectivity index (χ0) is 11.3. The van der Waals surface area contributed by atoms with E-state index in [1.807, 2.05) is 17.8 Å². The molecule has 4 heteroatoms. The molecule has 0 saturated carbocycles. The number of hydrogen-bond acceptors (Lipinski definition) is 3. The maximum absolute atomic E-state index is 9.73. The predicted octanol–water partition coefficient (Wildman–Crippen LogP) is 1.86. The number of nitrogens with zero attached hydrogens (tertiary/aromatic N) is 2. The van der Waals surface area contributed by atoms with Gasteiger partial charge in [0.2, 0.25) is 0 Å². The van der Waals surface area contributed by atoms with E-state index >= 15 is 0 Å². The number of hydrogen-bond donors (Lipinski definition) is 1. The number of rotatable bonds is 6. The largest absolute Gasteiger partial charge is 0.392 e. The summed E-state index contributed by atoms with van der Waals surface area (Å²) in [7, 11) is 1.98. The maximum Gasteiger partial charge on any atom is 0.108 e. The van der Waals surface area contributed by atoms with Crippen molar-refractivity contribution in [3.63, 3.8) is 0 Å². The zero-order valence-corrected chi connectivity index (χ0v) is 10.5. The predicted molar refractivity (Wildman–Crippen MR) is 65.1 cm³/mol. The number of imidazole rings is 1. The third kappa shape index (κ3) is 4.71. The molecule has 1 aromatic rings. The fourth-order valence-electron chi connectivity index (χ4n) is 1.32. The molecule has 1 rings (SSSR count). The van der Waals surface area contributed by atoms with Crippen LogP contribution in [-0.2, 0) is 13.5 Å². The van der Waals surface area contributed by atoms with Gasteiger partial charge in [-0.05, 0) is 11.7 Å². The van der Waals surface area contributed by atoms with Crippen LogP contribution in [0.3, 0.4) is 0 Å². The molecule has 1 heterocycles. The SMILES string of the molecule is CC(C)SCC(O)CCc1nccn1C. The number of aryl methyl sites for hydroxylation is 2. The summed E-state index contributed by atoms with van der Waals surface area (Å²) in [6.07, 6.45) is 5.16. The van der Waals surface area contributed by atoms with Crippen LogP contribution in [0, 0.1) is 0 Å².